The van der Waals surface area contributed by atoms with E-state index >= 15 is 0 Å². The third-order valence-electron chi connectivity index (χ3n) is 4.07. The number of hydrogen-bond acceptors (Lipinski definition) is 5. The number of sulfone groups is 1. The Hall–Kier alpha value is -1.66. The van der Waals surface area contributed by atoms with Crippen LogP contribution in [-0.2, 0) is 30.8 Å². The first-order valence-electron chi connectivity index (χ1n) is 8.02. The van der Waals surface area contributed by atoms with Crippen molar-refractivity contribution in [2.75, 3.05) is 24.6 Å². The molecule has 1 aromatic carbocycles. The molecule has 7 nitrogen and oxygen atoms in total. The van der Waals surface area contributed by atoms with Crippen LogP contribution in [0.3, 0.4) is 0 Å². The lowest BCUT2D eigenvalue weighted by Crippen LogP contribution is -2.44. The van der Waals surface area contributed by atoms with Crippen molar-refractivity contribution in [2.24, 2.45) is 0 Å². The molecule has 0 aliphatic carbocycles. The molecule has 27 heavy (non-hydrogen) atoms. The summed E-state index contributed by atoms with van der Waals surface area (Å²) in [5.74, 6) is -0.988. The molecular formula is C15H19F3N2O5S2. The molecule has 2 rings (SSSR count). The summed E-state index contributed by atoms with van der Waals surface area (Å²) < 4.78 is 87.2. The Balaban J connectivity index is 2.15. The van der Waals surface area contributed by atoms with Gasteiger partial charge >= 0.3 is 6.18 Å². The molecule has 1 saturated heterocycles. The van der Waals surface area contributed by atoms with Crippen LogP contribution in [0.1, 0.15) is 18.9 Å². The summed E-state index contributed by atoms with van der Waals surface area (Å²) in [6.07, 6.45) is -4.46. The smallest absolute Gasteiger partial charge is 0.351 e. The number of halogens is 3. The predicted octanol–water partition coefficient (Wildman–Crippen LogP) is 1.02. The van der Waals surface area contributed by atoms with Crippen LogP contribution in [0.2, 0.25) is 0 Å². The average molecular weight is 428 g/mol. The molecule has 1 fully saturated rings. The zero-order valence-corrected chi connectivity index (χ0v) is 16.0. The van der Waals surface area contributed by atoms with Gasteiger partial charge in [0.05, 0.1) is 28.5 Å². The van der Waals surface area contributed by atoms with Crippen molar-refractivity contribution < 1.29 is 34.8 Å². The maximum absolute atomic E-state index is 12.8. The van der Waals surface area contributed by atoms with Gasteiger partial charge in [-0.2, -0.15) is 17.5 Å². The fourth-order valence-electron chi connectivity index (χ4n) is 2.69. The van der Waals surface area contributed by atoms with Gasteiger partial charge in [0.2, 0.25) is 15.9 Å². The van der Waals surface area contributed by atoms with Gasteiger partial charge in [-0.1, -0.05) is 13.0 Å². The van der Waals surface area contributed by atoms with Gasteiger partial charge in [0.25, 0.3) is 0 Å². The minimum absolute atomic E-state index is 0.0576. The average Bonchev–Trinajstić information content (AvgIpc) is 2.90. The maximum atomic E-state index is 12.8. The fourth-order valence-corrected chi connectivity index (χ4v) is 5.82. The van der Waals surface area contributed by atoms with Gasteiger partial charge in [-0.3, -0.25) is 4.79 Å². The van der Waals surface area contributed by atoms with Crippen molar-refractivity contribution in [3.63, 3.8) is 0 Å². The second-order valence-corrected chi connectivity index (χ2v) is 10.3. The second-order valence-electron chi connectivity index (χ2n) is 6.12. The van der Waals surface area contributed by atoms with E-state index in [0.29, 0.717) is 6.07 Å². The van der Waals surface area contributed by atoms with Crippen LogP contribution in [0.15, 0.2) is 29.2 Å². The maximum Gasteiger partial charge on any atom is 0.416 e. The van der Waals surface area contributed by atoms with Gasteiger partial charge in [-0.25, -0.2) is 16.8 Å². The Morgan fingerprint density at radius 2 is 2.00 bits per heavy atom. The van der Waals surface area contributed by atoms with Crippen molar-refractivity contribution in [2.45, 2.75) is 30.5 Å². The normalized spacial score (nSPS) is 20.0. The molecule has 1 aromatic rings. The molecule has 0 aromatic heterocycles. The van der Waals surface area contributed by atoms with E-state index in [1.54, 1.807) is 0 Å². The molecule has 1 aliphatic rings. The Morgan fingerprint density at radius 3 is 2.52 bits per heavy atom. The van der Waals surface area contributed by atoms with Crippen LogP contribution in [0, 0.1) is 0 Å². The highest BCUT2D eigenvalue weighted by molar-refractivity contribution is 7.91. The first-order valence-corrected chi connectivity index (χ1v) is 11.3. The molecule has 12 heteroatoms. The number of alkyl halides is 3. The molecule has 0 radical (unpaired) electrons. The van der Waals surface area contributed by atoms with Gasteiger partial charge in [0.1, 0.15) is 0 Å². The highest BCUT2D eigenvalue weighted by atomic mass is 32.2. The molecule has 1 amide bonds. The van der Waals surface area contributed by atoms with Crippen molar-refractivity contribution in [3.05, 3.63) is 29.8 Å². The third-order valence-corrected chi connectivity index (χ3v) is 7.75. The number of carbonyl (C=O) groups excluding carboxylic acids is 1. The number of benzene rings is 1. The Morgan fingerprint density at radius 1 is 1.33 bits per heavy atom. The van der Waals surface area contributed by atoms with Crippen LogP contribution in [0.4, 0.5) is 13.2 Å². The molecule has 152 valence electrons. The van der Waals surface area contributed by atoms with Crippen LogP contribution in [0.5, 0.6) is 0 Å². The molecule has 1 atom stereocenters. The summed E-state index contributed by atoms with van der Waals surface area (Å²) in [6.45, 7) is 0.680. The standard InChI is InChI=1S/C15H19F3N2O5S2/c1-2-20(9-14(21)19-12-6-7-26(22,23)10-12)27(24,25)13-5-3-4-11(8-13)15(16,17)18/h3-5,8,12H,2,6-7,9-10H2,1H3,(H,19,21). The predicted molar refractivity (Wildman–Crippen MR) is 91.1 cm³/mol. The number of nitrogens with one attached hydrogen (secondary N) is 1. The van der Waals surface area contributed by atoms with Gasteiger partial charge in [-0.15, -0.1) is 0 Å². The monoisotopic (exact) mass is 428 g/mol. The van der Waals surface area contributed by atoms with Gasteiger partial charge < -0.3 is 5.32 Å². The largest absolute Gasteiger partial charge is 0.416 e. The Labute approximate surface area is 155 Å². The molecule has 1 heterocycles. The zero-order chi connectivity index (χ0) is 20.5. The van der Waals surface area contributed by atoms with E-state index in [2.05, 4.69) is 5.32 Å². The van der Waals surface area contributed by atoms with Crippen LogP contribution in [0.25, 0.3) is 0 Å². The topological polar surface area (TPSA) is 101 Å². The number of likely N-dealkylation sites (N-methyl/N-ethyl adjacent to an activating group) is 1. The van der Waals surface area contributed by atoms with Crippen LogP contribution < -0.4 is 5.32 Å². The number of rotatable bonds is 6. The number of nitrogens with zero attached hydrogens (tertiary/aromatic N) is 1. The van der Waals surface area contributed by atoms with E-state index in [1.807, 2.05) is 0 Å². The number of amides is 1. The summed E-state index contributed by atoms with van der Waals surface area (Å²) in [5.41, 5.74) is -1.11. The molecule has 0 bridgehead atoms. The van der Waals surface area contributed by atoms with Crippen LogP contribution >= 0.6 is 0 Å². The summed E-state index contributed by atoms with van der Waals surface area (Å²) >= 11 is 0. The summed E-state index contributed by atoms with van der Waals surface area (Å²) in [5, 5.41) is 2.45. The highest BCUT2D eigenvalue weighted by Crippen LogP contribution is 2.31. The summed E-state index contributed by atoms with van der Waals surface area (Å²) in [7, 11) is -7.55. The van der Waals surface area contributed by atoms with Crippen LogP contribution in [-0.4, -0.2) is 57.7 Å². The van der Waals surface area contributed by atoms with Gasteiger partial charge in [0, 0.05) is 12.6 Å². The number of carbonyl (C=O) groups is 1. The number of sulfonamides is 1. The Bertz CT molecular complexity index is 914. The SMILES string of the molecule is CCN(CC(=O)NC1CCS(=O)(=O)C1)S(=O)(=O)c1cccc(C(F)(F)F)c1. The zero-order valence-electron chi connectivity index (χ0n) is 14.4. The second kappa shape index (κ2) is 7.76. The molecule has 0 spiro atoms. The molecule has 0 saturated carbocycles. The Kier molecular flexibility index (Phi) is 6.22. The van der Waals surface area contributed by atoms with E-state index in [-0.39, 0.29) is 24.5 Å². The lowest BCUT2D eigenvalue weighted by molar-refractivity contribution is -0.137. The summed E-state index contributed by atoms with van der Waals surface area (Å²) in [6, 6.07) is 2.67. The molecule has 1 unspecified atom stereocenters. The van der Waals surface area contributed by atoms with Crippen molar-refractivity contribution >= 4 is 25.8 Å². The van der Waals surface area contributed by atoms with E-state index in [4.69, 9.17) is 0 Å². The van der Waals surface area contributed by atoms with Crippen molar-refractivity contribution in [1.29, 1.82) is 0 Å². The van der Waals surface area contributed by atoms with Gasteiger partial charge in [0.15, 0.2) is 9.84 Å². The number of hydrogen-bond donors (Lipinski definition) is 1. The minimum atomic E-state index is -4.70. The minimum Gasteiger partial charge on any atom is -0.351 e. The highest BCUT2D eigenvalue weighted by Gasteiger charge is 2.34. The molecule has 1 aliphatic heterocycles. The lowest BCUT2D eigenvalue weighted by atomic mass is 10.2. The lowest BCUT2D eigenvalue weighted by Gasteiger charge is -2.21. The first-order chi connectivity index (χ1) is 12.3. The molecule has 1 N–H and O–H groups in total. The van der Waals surface area contributed by atoms with E-state index in [1.165, 1.54) is 6.92 Å². The van der Waals surface area contributed by atoms with Crippen molar-refractivity contribution in [1.82, 2.24) is 9.62 Å². The molecular weight excluding hydrogens is 409 g/mol. The first kappa shape index (κ1) is 21.6. The van der Waals surface area contributed by atoms with Crippen molar-refractivity contribution in [3.8, 4) is 0 Å². The quantitative estimate of drug-likeness (QED) is 0.729. The fraction of sp³-hybridized carbons (Fsp3) is 0.533. The third kappa shape index (κ3) is 5.42. The summed E-state index contributed by atoms with van der Waals surface area (Å²) in [4.78, 5) is 11.5. The van der Waals surface area contributed by atoms with E-state index < -0.39 is 55.0 Å². The van der Waals surface area contributed by atoms with E-state index in [9.17, 15) is 34.8 Å². The van der Waals surface area contributed by atoms with E-state index in [0.717, 1.165) is 22.5 Å². The van der Waals surface area contributed by atoms with Gasteiger partial charge in [-0.05, 0) is 24.6 Å².